The molecule has 0 atom stereocenters. The van der Waals surface area contributed by atoms with Crippen molar-refractivity contribution in [3.8, 4) is 39.9 Å². The first kappa shape index (κ1) is 37.7. The number of hydrogen-bond donors (Lipinski definition) is 5. The van der Waals surface area contributed by atoms with Crippen LogP contribution >= 0.6 is 0 Å². The van der Waals surface area contributed by atoms with Crippen LogP contribution in [0.15, 0.2) is 97.1 Å². The van der Waals surface area contributed by atoms with Crippen LogP contribution in [-0.2, 0) is 15.0 Å². The van der Waals surface area contributed by atoms with Crippen molar-refractivity contribution >= 4 is 11.9 Å². The Labute approximate surface area is 287 Å². The van der Waals surface area contributed by atoms with Crippen LogP contribution in [0.1, 0.15) is 66.1 Å². The number of phenolic OH excluding ortho intramolecular Hbond substituents is 4. The van der Waals surface area contributed by atoms with Gasteiger partial charge < -0.3 is 30.3 Å². The van der Waals surface area contributed by atoms with Gasteiger partial charge in [0, 0.05) is 5.41 Å². The number of carboxylic acid groups (broad SMARTS) is 1. The molecule has 0 heterocycles. The number of aryl methyl sites for hydroxylation is 4. The maximum atomic E-state index is 11.8. The zero-order valence-electron chi connectivity index (χ0n) is 27.6. The summed E-state index contributed by atoms with van der Waals surface area (Å²) in [7, 11) is 0. The van der Waals surface area contributed by atoms with E-state index >= 15 is 0 Å². The summed E-state index contributed by atoms with van der Waals surface area (Å²) in [4.78, 5) is 22.5. The molecule has 0 unspecified atom stereocenters. The number of carboxylic acids is 1. The predicted molar refractivity (Wildman–Crippen MR) is 192 cm³/mol. The van der Waals surface area contributed by atoms with E-state index in [9.17, 15) is 30.0 Å². The van der Waals surface area contributed by atoms with Crippen LogP contribution < -0.4 is 4.74 Å². The average molecular weight is 665 g/mol. The van der Waals surface area contributed by atoms with Gasteiger partial charge in [-0.15, -0.1) is 0 Å². The first-order valence-corrected chi connectivity index (χ1v) is 15.4. The molecule has 0 bridgehead atoms. The number of aliphatic carboxylic acids is 1. The Morgan fingerprint density at radius 2 is 0.918 bits per heavy atom. The number of rotatable bonds is 8. The molecule has 5 rings (SSSR count). The number of aromatic hydroxyl groups is 4. The second-order valence-corrected chi connectivity index (χ2v) is 12.0. The van der Waals surface area contributed by atoms with E-state index in [1.165, 1.54) is 0 Å². The molecule has 8 heteroatoms. The van der Waals surface area contributed by atoms with Crippen LogP contribution in [0.25, 0.3) is 11.1 Å². The van der Waals surface area contributed by atoms with Gasteiger partial charge in [0.05, 0.1) is 12.8 Å². The lowest BCUT2D eigenvalue weighted by Crippen LogP contribution is -2.25. The molecular formula is C41H44O8. The zero-order valence-corrected chi connectivity index (χ0v) is 27.6. The van der Waals surface area contributed by atoms with Gasteiger partial charge in [0.15, 0.2) is 0 Å². The number of carbonyl (C=O) groups is 2. The summed E-state index contributed by atoms with van der Waals surface area (Å²) < 4.78 is 5.25. The minimum Gasteiger partial charge on any atom is -0.508 e. The fourth-order valence-corrected chi connectivity index (χ4v) is 5.35. The van der Waals surface area contributed by atoms with Crippen LogP contribution in [0.5, 0.6) is 28.7 Å². The Morgan fingerprint density at radius 1 is 0.551 bits per heavy atom. The van der Waals surface area contributed by atoms with Crippen molar-refractivity contribution in [3.63, 3.8) is 0 Å². The Kier molecular flexibility index (Phi) is 12.2. The molecule has 256 valence electrons. The number of carbonyl (C=O) groups excluding carboxylic acids is 1. The first-order valence-electron chi connectivity index (χ1n) is 15.4. The lowest BCUT2D eigenvalue weighted by Gasteiger charge is -2.33. The highest BCUT2D eigenvalue weighted by Crippen LogP contribution is 2.42. The molecule has 0 saturated carbocycles. The molecule has 0 amide bonds. The van der Waals surface area contributed by atoms with Gasteiger partial charge in [0.2, 0.25) is 0 Å². The maximum Gasteiger partial charge on any atom is 0.311 e. The third-order valence-corrected chi connectivity index (χ3v) is 8.48. The van der Waals surface area contributed by atoms with E-state index in [0.29, 0.717) is 17.2 Å². The Balaban J connectivity index is 0.000000321. The molecule has 5 aromatic carbocycles. The molecule has 5 N–H and O–H groups in total. The Morgan fingerprint density at radius 3 is 1.29 bits per heavy atom. The molecule has 0 aliphatic heterocycles. The van der Waals surface area contributed by atoms with Gasteiger partial charge in [-0.25, -0.2) is 0 Å². The van der Waals surface area contributed by atoms with Crippen LogP contribution in [0.3, 0.4) is 0 Å². The van der Waals surface area contributed by atoms with E-state index in [2.05, 4.69) is 6.92 Å². The van der Waals surface area contributed by atoms with Crippen molar-refractivity contribution in [2.24, 2.45) is 0 Å². The Hall–Kier alpha value is -5.76. The maximum absolute atomic E-state index is 11.8. The quantitative estimate of drug-likeness (QED) is 0.0629. The lowest BCUT2D eigenvalue weighted by atomic mass is 9.70. The van der Waals surface area contributed by atoms with Crippen molar-refractivity contribution in [1.82, 2.24) is 0 Å². The number of hydrogen-bond acceptors (Lipinski definition) is 7. The second kappa shape index (κ2) is 15.9. The molecule has 0 saturated heterocycles. The number of benzene rings is 5. The van der Waals surface area contributed by atoms with Gasteiger partial charge in [0.25, 0.3) is 0 Å². The van der Waals surface area contributed by atoms with Crippen LogP contribution in [0.2, 0.25) is 0 Å². The van der Waals surface area contributed by atoms with Crippen molar-refractivity contribution < 1.29 is 39.9 Å². The molecule has 0 aliphatic rings. The molecule has 8 nitrogen and oxygen atoms in total. The van der Waals surface area contributed by atoms with Crippen molar-refractivity contribution in [2.75, 3.05) is 0 Å². The van der Waals surface area contributed by atoms with Gasteiger partial charge >= 0.3 is 11.9 Å². The average Bonchev–Trinajstić information content (AvgIpc) is 3.05. The second-order valence-electron chi connectivity index (χ2n) is 12.0. The zero-order chi connectivity index (χ0) is 35.2. The van der Waals surface area contributed by atoms with Gasteiger partial charge in [-0.2, -0.15) is 0 Å². The summed E-state index contributed by atoms with van der Waals surface area (Å²) >= 11 is 0. The number of phenols is 4. The predicted octanol–water partition coefficient (Wildman–Crippen LogP) is 8.86. The molecule has 0 fully saturated rings. The summed E-state index contributed by atoms with van der Waals surface area (Å²) in [6.45, 7) is 9.46. The minimum absolute atomic E-state index is 0. The summed E-state index contributed by atoms with van der Waals surface area (Å²) in [5, 5.41) is 47.6. The standard InChI is InChI=1S/C26H26O6.C14H14O2.CH4/c1-16-14-19(6-10-22(16)27)26(3,20-7-11-23(28)17(2)15-20)18-4-8-21(9-5-18)32-25(31)13-12-24(29)30;1-9-7-11(3-5-13(9)15)12-4-6-14(16)10(2)8-12;/h4-11,14-15,27-28H,12-13H2,1-3H3,(H,29,30);3-8,15-16H,1-2H3;1H4. The first-order chi connectivity index (χ1) is 22.7. The van der Waals surface area contributed by atoms with E-state index in [1.807, 2.05) is 88.4 Å². The third-order valence-electron chi connectivity index (χ3n) is 8.48. The van der Waals surface area contributed by atoms with Crippen molar-refractivity contribution in [3.05, 3.63) is 136 Å². The van der Waals surface area contributed by atoms with Crippen molar-refractivity contribution in [1.29, 1.82) is 0 Å². The molecule has 0 aromatic heterocycles. The van der Waals surface area contributed by atoms with Crippen molar-refractivity contribution in [2.45, 2.75) is 60.3 Å². The van der Waals surface area contributed by atoms with Gasteiger partial charge in [-0.3, -0.25) is 9.59 Å². The normalized spacial score (nSPS) is 10.7. The minimum atomic E-state index is -1.05. The van der Waals surface area contributed by atoms with E-state index in [0.717, 1.165) is 50.1 Å². The van der Waals surface area contributed by atoms with Crippen LogP contribution in [0.4, 0.5) is 0 Å². The summed E-state index contributed by atoms with van der Waals surface area (Å²) in [5.41, 5.74) is 7.46. The third kappa shape index (κ3) is 8.99. The van der Waals surface area contributed by atoms with Gasteiger partial charge in [-0.05, 0) is 133 Å². The topological polar surface area (TPSA) is 145 Å². The van der Waals surface area contributed by atoms with E-state index < -0.39 is 17.4 Å². The van der Waals surface area contributed by atoms with Gasteiger partial charge in [0.1, 0.15) is 28.7 Å². The molecule has 0 spiro atoms. The van der Waals surface area contributed by atoms with E-state index in [-0.39, 0.29) is 31.8 Å². The largest absolute Gasteiger partial charge is 0.508 e. The number of esters is 1. The smallest absolute Gasteiger partial charge is 0.311 e. The van der Waals surface area contributed by atoms with E-state index in [4.69, 9.17) is 9.84 Å². The van der Waals surface area contributed by atoms with E-state index in [1.54, 1.807) is 36.4 Å². The van der Waals surface area contributed by atoms with Gasteiger partial charge in [-0.1, -0.05) is 56.0 Å². The molecule has 5 aromatic rings. The summed E-state index contributed by atoms with van der Waals surface area (Å²) in [5.74, 6) is -0.301. The molecule has 0 aliphatic carbocycles. The monoisotopic (exact) mass is 664 g/mol. The summed E-state index contributed by atoms with van der Waals surface area (Å²) in [6, 6.07) is 28.9. The highest BCUT2D eigenvalue weighted by Gasteiger charge is 2.32. The lowest BCUT2D eigenvalue weighted by molar-refractivity contribution is -0.142. The Bertz CT molecular complexity index is 1840. The fraction of sp³-hybridized carbons (Fsp3) is 0.220. The molecule has 0 radical (unpaired) electrons. The summed E-state index contributed by atoms with van der Waals surface area (Å²) in [6.07, 6.45) is -0.482. The highest BCUT2D eigenvalue weighted by atomic mass is 16.5. The van der Waals surface area contributed by atoms with Crippen LogP contribution in [-0.4, -0.2) is 37.5 Å². The van der Waals surface area contributed by atoms with Crippen LogP contribution in [0, 0.1) is 27.7 Å². The fourth-order valence-electron chi connectivity index (χ4n) is 5.35. The molecular weight excluding hydrogens is 620 g/mol. The SMILES string of the molecule is C.Cc1cc(-c2ccc(O)c(C)c2)ccc1O.Cc1cc(C(C)(c2ccc(OC(=O)CCC(=O)O)cc2)c2ccc(O)c(C)c2)ccc1O. The molecule has 49 heavy (non-hydrogen) atoms. The number of ether oxygens (including phenoxy) is 1. The highest BCUT2D eigenvalue weighted by molar-refractivity contribution is 5.78.